The minimum absolute atomic E-state index is 0.0458. The van der Waals surface area contributed by atoms with Crippen molar-refractivity contribution in [2.45, 2.75) is 57.0 Å². The summed E-state index contributed by atoms with van der Waals surface area (Å²) in [7, 11) is 0. The van der Waals surface area contributed by atoms with Gasteiger partial charge in [0.25, 0.3) is 0 Å². The number of amides is 1. The Morgan fingerprint density at radius 2 is 2.10 bits per heavy atom. The van der Waals surface area contributed by atoms with Gasteiger partial charge in [0.15, 0.2) is 5.84 Å². The van der Waals surface area contributed by atoms with E-state index in [1.807, 2.05) is 0 Å². The van der Waals surface area contributed by atoms with Crippen molar-refractivity contribution in [1.29, 1.82) is 0 Å². The van der Waals surface area contributed by atoms with Crippen LogP contribution in [0.5, 0.6) is 0 Å². The van der Waals surface area contributed by atoms with Gasteiger partial charge in [0.2, 0.25) is 5.91 Å². The molecule has 1 aliphatic carbocycles. The number of rotatable bonds is 3. The van der Waals surface area contributed by atoms with Gasteiger partial charge in [0.1, 0.15) is 5.41 Å². The predicted molar refractivity (Wildman–Crippen MR) is 75.5 cm³/mol. The zero-order valence-corrected chi connectivity index (χ0v) is 11.8. The molecule has 1 amide bonds. The van der Waals surface area contributed by atoms with E-state index in [0.29, 0.717) is 18.9 Å². The van der Waals surface area contributed by atoms with Crippen LogP contribution >= 0.6 is 0 Å². The normalized spacial score (nSPS) is 33.3. The summed E-state index contributed by atoms with van der Waals surface area (Å²) in [6, 6.07) is 0.876. The fraction of sp³-hybridized carbons (Fsp3) is 0.857. The number of fused-ring (bicyclic) bond motifs is 1. The first-order valence-electron chi connectivity index (χ1n) is 7.69. The standard InChI is InChI=1S/C14H24N4O2/c15-12(17-20)14(5-2-6-14)13(19)16-10-4-8-18-7-1-3-11(18)9-10/h10-11,20H,1-9H2,(H2,15,17)(H,16,19). The summed E-state index contributed by atoms with van der Waals surface area (Å²) in [4.78, 5) is 15.0. The van der Waals surface area contributed by atoms with Crippen molar-refractivity contribution in [1.82, 2.24) is 10.2 Å². The van der Waals surface area contributed by atoms with Crippen LogP contribution in [-0.4, -0.2) is 47.0 Å². The molecular weight excluding hydrogens is 256 g/mol. The minimum atomic E-state index is -0.748. The molecule has 0 spiro atoms. The zero-order valence-electron chi connectivity index (χ0n) is 11.8. The third-order valence-corrected chi connectivity index (χ3v) is 5.40. The molecule has 112 valence electrons. The van der Waals surface area contributed by atoms with E-state index in [4.69, 9.17) is 10.9 Å². The number of amidine groups is 1. The molecule has 6 heteroatoms. The molecule has 2 heterocycles. The number of hydrogen-bond acceptors (Lipinski definition) is 4. The highest BCUT2D eigenvalue weighted by atomic mass is 16.4. The maximum Gasteiger partial charge on any atom is 0.234 e. The molecule has 0 aromatic rings. The van der Waals surface area contributed by atoms with E-state index in [9.17, 15) is 4.79 Å². The Balaban J connectivity index is 1.61. The van der Waals surface area contributed by atoms with Crippen molar-refractivity contribution in [3.05, 3.63) is 0 Å². The highest BCUT2D eigenvalue weighted by molar-refractivity contribution is 6.07. The Morgan fingerprint density at radius 1 is 1.30 bits per heavy atom. The average molecular weight is 280 g/mol. The molecule has 2 unspecified atom stereocenters. The Morgan fingerprint density at radius 3 is 2.75 bits per heavy atom. The summed E-state index contributed by atoms with van der Waals surface area (Å²) >= 11 is 0. The lowest BCUT2D eigenvalue weighted by Crippen LogP contribution is -2.57. The quantitative estimate of drug-likeness (QED) is 0.306. The van der Waals surface area contributed by atoms with Crippen LogP contribution in [0, 0.1) is 5.41 Å². The van der Waals surface area contributed by atoms with E-state index < -0.39 is 5.41 Å². The summed E-state index contributed by atoms with van der Waals surface area (Å²) in [6.07, 6.45) is 6.92. The molecule has 3 fully saturated rings. The second-order valence-electron chi connectivity index (χ2n) is 6.45. The molecule has 20 heavy (non-hydrogen) atoms. The summed E-state index contributed by atoms with van der Waals surface area (Å²) < 4.78 is 0. The van der Waals surface area contributed by atoms with Crippen LogP contribution in [0.2, 0.25) is 0 Å². The zero-order chi connectivity index (χ0) is 14.2. The van der Waals surface area contributed by atoms with Crippen LogP contribution in [0.25, 0.3) is 0 Å². The van der Waals surface area contributed by atoms with Crippen LogP contribution in [0.4, 0.5) is 0 Å². The summed E-state index contributed by atoms with van der Waals surface area (Å²) in [5.41, 5.74) is 4.99. The molecule has 2 atom stereocenters. The van der Waals surface area contributed by atoms with Crippen molar-refractivity contribution >= 4 is 11.7 Å². The smallest absolute Gasteiger partial charge is 0.234 e. The Labute approximate surface area is 119 Å². The van der Waals surface area contributed by atoms with Crippen molar-refractivity contribution in [2.75, 3.05) is 13.1 Å². The van der Waals surface area contributed by atoms with Gasteiger partial charge in [0, 0.05) is 18.6 Å². The second-order valence-corrected chi connectivity index (χ2v) is 6.45. The third kappa shape index (κ3) is 2.16. The van der Waals surface area contributed by atoms with Crippen LogP contribution < -0.4 is 11.1 Å². The number of carbonyl (C=O) groups excluding carboxylic acids is 1. The van der Waals surface area contributed by atoms with E-state index in [-0.39, 0.29) is 17.8 Å². The first kappa shape index (κ1) is 13.7. The molecule has 0 bridgehead atoms. The molecule has 3 rings (SSSR count). The van der Waals surface area contributed by atoms with Gasteiger partial charge in [-0.3, -0.25) is 4.79 Å². The van der Waals surface area contributed by atoms with E-state index in [2.05, 4.69) is 15.4 Å². The summed E-state index contributed by atoms with van der Waals surface area (Å²) in [5, 5.41) is 15.1. The topological polar surface area (TPSA) is 91.0 Å². The van der Waals surface area contributed by atoms with Gasteiger partial charge in [-0.1, -0.05) is 11.6 Å². The Kier molecular flexibility index (Phi) is 3.58. The molecule has 2 aliphatic heterocycles. The number of nitrogens with one attached hydrogen (secondary N) is 1. The monoisotopic (exact) mass is 280 g/mol. The van der Waals surface area contributed by atoms with Crippen LogP contribution in [0.15, 0.2) is 5.16 Å². The van der Waals surface area contributed by atoms with Crippen molar-refractivity contribution in [3.63, 3.8) is 0 Å². The molecular formula is C14H24N4O2. The third-order valence-electron chi connectivity index (χ3n) is 5.40. The van der Waals surface area contributed by atoms with Gasteiger partial charge in [0.05, 0.1) is 0 Å². The average Bonchev–Trinajstić information content (AvgIpc) is 2.84. The van der Waals surface area contributed by atoms with Crippen LogP contribution in [0.1, 0.15) is 44.9 Å². The first-order valence-corrected chi connectivity index (χ1v) is 7.69. The number of carbonyl (C=O) groups is 1. The van der Waals surface area contributed by atoms with Crippen molar-refractivity contribution < 1.29 is 10.0 Å². The maximum absolute atomic E-state index is 12.5. The SMILES string of the molecule is NC(=NO)C1(C(=O)NC2CCN3CCCC3C2)CCC1. The molecule has 4 N–H and O–H groups in total. The Bertz CT molecular complexity index is 419. The predicted octanol–water partition coefficient (Wildman–Crippen LogP) is 0.646. The van der Waals surface area contributed by atoms with Crippen LogP contribution in [0.3, 0.4) is 0 Å². The first-order chi connectivity index (χ1) is 9.65. The van der Waals surface area contributed by atoms with Gasteiger partial charge in [-0.05, 0) is 45.1 Å². The number of piperidine rings is 1. The number of nitrogens with two attached hydrogens (primary N) is 1. The summed E-state index contributed by atoms with van der Waals surface area (Å²) in [5.74, 6) is 0.0232. The van der Waals surface area contributed by atoms with E-state index in [1.165, 1.54) is 19.4 Å². The molecule has 1 saturated carbocycles. The largest absolute Gasteiger partial charge is 0.409 e. The van der Waals surface area contributed by atoms with Gasteiger partial charge in [-0.25, -0.2) is 0 Å². The summed E-state index contributed by atoms with van der Waals surface area (Å²) in [6.45, 7) is 2.28. The number of oxime groups is 1. The van der Waals surface area contributed by atoms with Crippen molar-refractivity contribution in [3.8, 4) is 0 Å². The molecule has 0 aromatic heterocycles. The van der Waals surface area contributed by atoms with Gasteiger partial charge >= 0.3 is 0 Å². The lowest BCUT2D eigenvalue weighted by Gasteiger charge is -2.41. The number of hydrogen-bond donors (Lipinski definition) is 3. The molecule has 0 aromatic carbocycles. The molecule has 2 saturated heterocycles. The van der Waals surface area contributed by atoms with Gasteiger partial charge in [-0.15, -0.1) is 0 Å². The fourth-order valence-electron chi connectivity index (χ4n) is 3.90. The number of nitrogens with zero attached hydrogens (tertiary/aromatic N) is 2. The maximum atomic E-state index is 12.5. The fourth-order valence-corrected chi connectivity index (χ4v) is 3.90. The lowest BCUT2D eigenvalue weighted by molar-refractivity contribution is -0.132. The van der Waals surface area contributed by atoms with Crippen molar-refractivity contribution in [2.24, 2.45) is 16.3 Å². The highest BCUT2D eigenvalue weighted by Crippen LogP contribution is 2.41. The van der Waals surface area contributed by atoms with Gasteiger partial charge < -0.3 is 21.2 Å². The van der Waals surface area contributed by atoms with E-state index in [0.717, 1.165) is 25.8 Å². The highest BCUT2D eigenvalue weighted by Gasteiger charge is 2.49. The Hall–Kier alpha value is -1.30. The molecule has 6 nitrogen and oxygen atoms in total. The lowest BCUT2D eigenvalue weighted by atomic mass is 9.67. The second kappa shape index (κ2) is 5.24. The van der Waals surface area contributed by atoms with E-state index in [1.54, 1.807) is 0 Å². The minimum Gasteiger partial charge on any atom is -0.409 e. The van der Waals surface area contributed by atoms with Gasteiger partial charge in [-0.2, -0.15) is 0 Å². The molecule has 0 radical (unpaired) electrons. The van der Waals surface area contributed by atoms with E-state index >= 15 is 0 Å². The van der Waals surface area contributed by atoms with Crippen LogP contribution in [-0.2, 0) is 4.79 Å². The molecule has 3 aliphatic rings.